The first-order valence-electron chi connectivity index (χ1n) is 6.36. The molecular formula is C14H20N2O5. The van der Waals surface area contributed by atoms with Crippen LogP contribution in [0.4, 0.5) is 0 Å². The predicted octanol–water partition coefficient (Wildman–Crippen LogP) is 0.547. The molecule has 0 saturated heterocycles. The summed E-state index contributed by atoms with van der Waals surface area (Å²) in [5.41, 5.74) is 1.49. The Labute approximate surface area is 123 Å². The standard InChI is InChI=1S/C14H20N2O5/c1-10-5-12(19-2)6-11(15-10)7-16(8-13(17)20-3)9-14(18)21-4/h5-6H,7-9H2,1-4H3. The second kappa shape index (κ2) is 8.21. The zero-order valence-corrected chi connectivity index (χ0v) is 12.7. The number of carbonyl (C=O) groups excluding carboxylic acids is 2. The van der Waals surface area contributed by atoms with Crippen molar-refractivity contribution in [3.8, 4) is 5.75 Å². The first-order chi connectivity index (χ1) is 9.98. The molecule has 7 nitrogen and oxygen atoms in total. The third kappa shape index (κ3) is 5.78. The van der Waals surface area contributed by atoms with Crippen LogP contribution in [-0.4, -0.2) is 56.2 Å². The Kier molecular flexibility index (Phi) is 6.61. The van der Waals surface area contributed by atoms with Crippen LogP contribution in [0.2, 0.25) is 0 Å². The summed E-state index contributed by atoms with van der Waals surface area (Å²) in [5, 5.41) is 0. The third-order valence-electron chi connectivity index (χ3n) is 2.76. The van der Waals surface area contributed by atoms with Crippen molar-refractivity contribution in [1.82, 2.24) is 9.88 Å². The quantitative estimate of drug-likeness (QED) is 0.680. The summed E-state index contributed by atoms with van der Waals surface area (Å²) in [4.78, 5) is 28.8. The number of carbonyl (C=O) groups is 2. The number of aromatic nitrogens is 1. The molecule has 0 aliphatic rings. The van der Waals surface area contributed by atoms with Crippen molar-refractivity contribution in [2.45, 2.75) is 13.5 Å². The van der Waals surface area contributed by atoms with Crippen molar-refractivity contribution in [3.05, 3.63) is 23.5 Å². The van der Waals surface area contributed by atoms with Gasteiger partial charge in [-0.2, -0.15) is 0 Å². The third-order valence-corrected chi connectivity index (χ3v) is 2.76. The second-order valence-corrected chi connectivity index (χ2v) is 4.44. The molecule has 0 aliphatic carbocycles. The van der Waals surface area contributed by atoms with Crippen LogP contribution in [0.3, 0.4) is 0 Å². The van der Waals surface area contributed by atoms with Crippen LogP contribution >= 0.6 is 0 Å². The average molecular weight is 296 g/mol. The Balaban J connectivity index is 2.86. The molecular weight excluding hydrogens is 276 g/mol. The maximum absolute atomic E-state index is 11.4. The molecule has 0 atom stereocenters. The van der Waals surface area contributed by atoms with E-state index in [-0.39, 0.29) is 13.1 Å². The fourth-order valence-corrected chi connectivity index (χ4v) is 1.79. The molecule has 0 aliphatic heterocycles. The molecule has 1 aromatic rings. The Morgan fingerprint density at radius 1 is 1.10 bits per heavy atom. The lowest BCUT2D eigenvalue weighted by atomic mass is 10.2. The van der Waals surface area contributed by atoms with Gasteiger partial charge in [-0.1, -0.05) is 0 Å². The molecule has 0 saturated carbocycles. The van der Waals surface area contributed by atoms with E-state index < -0.39 is 11.9 Å². The summed E-state index contributed by atoms with van der Waals surface area (Å²) < 4.78 is 14.4. The van der Waals surface area contributed by atoms with E-state index in [0.29, 0.717) is 18.0 Å². The van der Waals surface area contributed by atoms with E-state index in [1.54, 1.807) is 24.1 Å². The molecule has 0 amide bonds. The van der Waals surface area contributed by atoms with Crippen molar-refractivity contribution < 1.29 is 23.8 Å². The van der Waals surface area contributed by atoms with E-state index in [0.717, 1.165) is 5.69 Å². The number of methoxy groups -OCH3 is 3. The minimum atomic E-state index is -0.432. The molecule has 1 aromatic heterocycles. The predicted molar refractivity (Wildman–Crippen MR) is 74.8 cm³/mol. The van der Waals surface area contributed by atoms with E-state index >= 15 is 0 Å². The van der Waals surface area contributed by atoms with E-state index in [4.69, 9.17) is 4.74 Å². The van der Waals surface area contributed by atoms with Crippen LogP contribution in [0.5, 0.6) is 5.75 Å². The molecule has 1 heterocycles. The molecule has 0 unspecified atom stereocenters. The number of pyridine rings is 1. The van der Waals surface area contributed by atoms with E-state index in [9.17, 15) is 9.59 Å². The van der Waals surface area contributed by atoms with E-state index in [2.05, 4.69) is 14.5 Å². The molecule has 0 spiro atoms. The summed E-state index contributed by atoms with van der Waals surface area (Å²) in [5.74, 6) is -0.189. The van der Waals surface area contributed by atoms with Gasteiger partial charge < -0.3 is 14.2 Å². The van der Waals surface area contributed by atoms with Crippen LogP contribution in [-0.2, 0) is 25.6 Å². The van der Waals surface area contributed by atoms with Gasteiger partial charge in [0.15, 0.2) is 0 Å². The minimum absolute atomic E-state index is 0.0243. The van der Waals surface area contributed by atoms with Gasteiger partial charge in [-0.25, -0.2) is 0 Å². The van der Waals surface area contributed by atoms with E-state index in [1.807, 2.05) is 6.92 Å². The number of esters is 2. The summed E-state index contributed by atoms with van der Waals surface area (Å²) in [6.45, 7) is 2.10. The van der Waals surface area contributed by atoms with E-state index in [1.165, 1.54) is 14.2 Å². The van der Waals surface area contributed by atoms with Gasteiger partial charge in [-0.3, -0.25) is 19.5 Å². The summed E-state index contributed by atoms with van der Waals surface area (Å²) in [7, 11) is 4.17. The Hall–Kier alpha value is -2.15. The lowest BCUT2D eigenvalue weighted by Crippen LogP contribution is -2.35. The smallest absolute Gasteiger partial charge is 0.319 e. The SMILES string of the molecule is COC(=O)CN(CC(=O)OC)Cc1cc(OC)cc(C)n1. The normalized spacial score (nSPS) is 10.3. The molecule has 1 rings (SSSR count). The van der Waals surface area contributed by atoms with Crippen molar-refractivity contribution >= 4 is 11.9 Å². The zero-order chi connectivity index (χ0) is 15.8. The summed E-state index contributed by atoms with van der Waals surface area (Å²) >= 11 is 0. The van der Waals surface area contributed by atoms with Crippen molar-refractivity contribution in [1.29, 1.82) is 0 Å². The molecule has 0 N–H and O–H groups in total. The van der Waals surface area contributed by atoms with Crippen LogP contribution in [0.25, 0.3) is 0 Å². The number of nitrogens with zero attached hydrogens (tertiary/aromatic N) is 2. The number of hydrogen-bond acceptors (Lipinski definition) is 7. The van der Waals surface area contributed by atoms with Crippen molar-refractivity contribution in [2.75, 3.05) is 34.4 Å². The first-order valence-corrected chi connectivity index (χ1v) is 6.36. The Morgan fingerprint density at radius 2 is 1.67 bits per heavy atom. The second-order valence-electron chi connectivity index (χ2n) is 4.44. The maximum atomic E-state index is 11.4. The van der Waals surface area contributed by atoms with Gasteiger partial charge in [0, 0.05) is 24.4 Å². The van der Waals surface area contributed by atoms with Gasteiger partial charge in [-0.15, -0.1) is 0 Å². The fourth-order valence-electron chi connectivity index (χ4n) is 1.79. The zero-order valence-electron chi connectivity index (χ0n) is 12.7. The lowest BCUT2D eigenvalue weighted by molar-refractivity contribution is -0.145. The van der Waals surface area contributed by atoms with Gasteiger partial charge in [0.05, 0.1) is 40.1 Å². The monoisotopic (exact) mass is 296 g/mol. The fraction of sp³-hybridized carbons (Fsp3) is 0.500. The average Bonchev–Trinajstić information content (AvgIpc) is 2.45. The summed E-state index contributed by atoms with van der Waals surface area (Å²) in [6.07, 6.45) is 0. The van der Waals surface area contributed by atoms with Crippen LogP contribution in [0, 0.1) is 6.92 Å². The highest BCUT2D eigenvalue weighted by Crippen LogP contribution is 2.14. The number of rotatable bonds is 7. The Bertz CT molecular complexity index is 486. The van der Waals surface area contributed by atoms with Crippen LogP contribution < -0.4 is 4.74 Å². The minimum Gasteiger partial charge on any atom is -0.497 e. The lowest BCUT2D eigenvalue weighted by Gasteiger charge is -2.19. The number of ether oxygens (including phenoxy) is 3. The van der Waals surface area contributed by atoms with Crippen molar-refractivity contribution in [2.24, 2.45) is 0 Å². The van der Waals surface area contributed by atoms with Crippen molar-refractivity contribution in [3.63, 3.8) is 0 Å². The molecule has 0 aromatic carbocycles. The highest BCUT2D eigenvalue weighted by molar-refractivity contribution is 5.74. The number of aryl methyl sites for hydroxylation is 1. The molecule has 0 bridgehead atoms. The summed E-state index contributed by atoms with van der Waals surface area (Å²) in [6, 6.07) is 3.56. The van der Waals surface area contributed by atoms with Crippen LogP contribution in [0.15, 0.2) is 12.1 Å². The molecule has 21 heavy (non-hydrogen) atoms. The van der Waals surface area contributed by atoms with Gasteiger partial charge >= 0.3 is 11.9 Å². The molecule has 0 fully saturated rings. The Morgan fingerprint density at radius 3 is 2.14 bits per heavy atom. The van der Waals surface area contributed by atoms with Gasteiger partial charge in [0.25, 0.3) is 0 Å². The van der Waals surface area contributed by atoms with Gasteiger partial charge in [0.1, 0.15) is 5.75 Å². The first kappa shape index (κ1) is 16.9. The molecule has 0 radical (unpaired) electrons. The highest BCUT2D eigenvalue weighted by Gasteiger charge is 2.17. The van der Waals surface area contributed by atoms with Gasteiger partial charge in [0.2, 0.25) is 0 Å². The maximum Gasteiger partial charge on any atom is 0.319 e. The molecule has 116 valence electrons. The van der Waals surface area contributed by atoms with Crippen LogP contribution in [0.1, 0.15) is 11.4 Å². The largest absolute Gasteiger partial charge is 0.497 e. The number of hydrogen-bond donors (Lipinski definition) is 0. The molecule has 7 heteroatoms. The topological polar surface area (TPSA) is 78.0 Å². The van der Waals surface area contributed by atoms with Gasteiger partial charge in [-0.05, 0) is 6.92 Å². The highest BCUT2D eigenvalue weighted by atomic mass is 16.5.